The van der Waals surface area contributed by atoms with E-state index in [2.05, 4.69) is 37.7 Å². The van der Waals surface area contributed by atoms with Crippen molar-refractivity contribution >= 4 is 29.5 Å². The summed E-state index contributed by atoms with van der Waals surface area (Å²) in [4.78, 5) is 56.9. The molecule has 1 atom stereocenters. The van der Waals surface area contributed by atoms with Crippen molar-refractivity contribution in [2.75, 3.05) is 51.9 Å². The largest absolute Gasteiger partial charge is 0.489 e. The van der Waals surface area contributed by atoms with Gasteiger partial charge >= 0.3 is 6.09 Å². The molecule has 1 aromatic heterocycles. The van der Waals surface area contributed by atoms with Gasteiger partial charge in [0.15, 0.2) is 0 Å². The second kappa shape index (κ2) is 15.7. The average Bonchev–Trinajstić information content (AvgIpc) is 3.47. The first-order valence-electron chi connectivity index (χ1n) is 15.0. The van der Waals surface area contributed by atoms with Crippen LogP contribution in [0.25, 0.3) is 0 Å². The Bertz CT molecular complexity index is 1640. The molecule has 0 unspecified atom stereocenters. The van der Waals surface area contributed by atoms with Gasteiger partial charge < -0.3 is 34.6 Å². The van der Waals surface area contributed by atoms with E-state index in [-0.39, 0.29) is 31.5 Å². The van der Waals surface area contributed by atoms with E-state index in [0.717, 1.165) is 5.56 Å². The fourth-order valence-corrected chi connectivity index (χ4v) is 4.30. The van der Waals surface area contributed by atoms with Crippen LogP contribution < -0.4 is 20.3 Å². The molecule has 0 radical (unpaired) electrons. The molecule has 0 bridgehead atoms. The van der Waals surface area contributed by atoms with E-state index < -0.39 is 29.6 Å². The highest BCUT2D eigenvalue weighted by Gasteiger charge is 2.31. The minimum absolute atomic E-state index is 0.0226. The first-order chi connectivity index (χ1) is 22.4. The standard InChI is InChI=1S/C33H39N7O7/c1-33(2,3)47-32(44)39(4)17-19-45-18-16-34-28(41)15-14-22-10-12-23(13-11-22)20-27-36-29(38-37-27)30(42)35-24-21-46-26-9-7-6-8-25(26)40(5)31(24)43/h6-13,24H,16-21H2,1-5H3,(H,34,41)(H,35,42)(H,36,37,38)/t24-/m0/s1. The van der Waals surface area contributed by atoms with Gasteiger partial charge in [-0.2, -0.15) is 0 Å². The summed E-state index contributed by atoms with van der Waals surface area (Å²) in [5.74, 6) is 4.93. The molecule has 2 heterocycles. The highest BCUT2D eigenvalue weighted by atomic mass is 16.6. The van der Waals surface area contributed by atoms with Crippen LogP contribution in [-0.2, 0) is 25.5 Å². The molecule has 2 aromatic carbocycles. The Balaban J connectivity index is 1.17. The van der Waals surface area contributed by atoms with E-state index in [9.17, 15) is 19.2 Å². The van der Waals surface area contributed by atoms with E-state index in [1.165, 1.54) is 9.80 Å². The Kier molecular flexibility index (Phi) is 11.5. The summed E-state index contributed by atoms with van der Waals surface area (Å²) in [6.07, 6.45) is -0.0584. The van der Waals surface area contributed by atoms with Crippen molar-refractivity contribution < 1.29 is 33.4 Å². The van der Waals surface area contributed by atoms with Crippen LogP contribution in [0.2, 0.25) is 0 Å². The summed E-state index contributed by atoms with van der Waals surface area (Å²) in [5.41, 5.74) is 1.58. The Morgan fingerprint density at radius 1 is 1.13 bits per heavy atom. The maximum absolute atomic E-state index is 12.9. The van der Waals surface area contributed by atoms with Gasteiger partial charge in [-0.15, -0.1) is 5.10 Å². The lowest BCUT2D eigenvalue weighted by Crippen LogP contribution is -2.49. The van der Waals surface area contributed by atoms with Gasteiger partial charge in [-0.3, -0.25) is 19.5 Å². The van der Waals surface area contributed by atoms with Crippen LogP contribution in [-0.4, -0.2) is 103 Å². The number of carbonyl (C=O) groups excluding carboxylic acids is 4. The fourth-order valence-electron chi connectivity index (χ4n) is 4.30. The van der Waals surface area contributed by atoms with Gasteiger partial charge in [-0.25, -0.2) is 9.78 Å². The molecule has 47 heavy (non-hydrogen) atoms. The van der Waals surface area contributed by atoms with Crippen molar-refractivity contribution in [2.45, 2.75) is 38.8 Å². The summed E-state index contributed by atoms with van der Waals surface area (Å²) < 4.78 is 16.5. The molecule has 1 aliphatic rings. The lowest BCUT2D eigenvalue weighted by atomic mass is 10.1. The number of nitrogens with zero attached hydrogens (tertiary/aromatic N) is 4. The number of aromatic nitrogens is 3. The van der Waals surface area contributed by atoms with Gasteiger partial charge in [0.2, 0.25) is 5.82 Å². The predicted molar refractivity (Wildman–Crippen MR) is 172 cm³/mol. The van der Waals surface area contributed by atoms with E-state index in [1.807, 2.05) is 18.2 Å². The number of likely N-dealkylation sites (N-methyl/N-ethyl adjacent to an activating group) is 2. The molecule has 3 aromatic rings. The number of nitrogens with one attached hydrogen (secondary N) is 3. The number of para-hydroxylation sites is 2. The van der Waals surface area contributed by atoms with Gasteiger partial charge in [0.25, 0.3) is 17.7 Å². The molecule has 3 N–H and O–H groups in total. The first-order valence-corrected chi connectivity index (χ1v) is 15.0. The van der Waals surface area contributed by atoms with Gasteiger partial charge in [0.1, 0.15) is 29.8 Å². The Morgan fingerprint density at radius 3 is 2.62 bits per heavy atom. The number of H-pyrrole nitrogens is 1. The average molecular weight is 646 g/mol. The maximum Gasteiger partial charge on any atom is 0.410 e. The van der Waals surface area contributed by atoms with Crippen molar-refractivity contribution in [3.8, 4) is 17.6 Å². The van der Waals surface area contributed by atoms with Crippen molar-refractivity contribution in [2.24, 2.45) is 0 Å². The highest BCUT2D eigenvalue weighted by Crippen LogP contribution is 2.29. The highest BCUT2D eigenvalue weighted by molar-refractivity contribution is 6.02. The zero-order valence-electron chi connectivity index (χ0n) is 27.1. The van der Waals surface area contributed by atoms with Gasteiger partial charge in [-0.05, 0) is 50.6 Å². The van der Waals surface area contributed by atoms with Crippen LogP contribution in [0.5, 0.6) is 5.75 Å². The molecule has 14 heteroatoms. The fraction of sp³-hybridized carbons (Fsp3) is 0.394. The molecule has 0 aliphatic carbocycles. The number of ether oxygens (including phenoxy) is 3. The smallest absolute Gasteiger partial charge is 0.410 e. The second-order valence-corrected chi connectivity index (χ2v) is 11.7. The lowest BCUT2D eigenvalue weighted by Gasteiger charge is -2.24. The topological polar surface area (TPSA) is 168 Å². The van der Waals surface area contributed by atoms with Crippen LogP contribution in [0, 0.1) is 11.8 Å². The Hall–Kier alpha value is -5.42. The molecule has 0 fully saturated rings. The van der Waals surface area contributed by atoms with Crippen molar-refractivity contribution in [3.05, 3.63) is 71.3 Å². The SMILES string of the molecule is CN(CCOCCNC(=O)C#Cc1ccc(Cc2nc(C(=O)N[C@H]3COc4ccccc4N(C)C3=O)n[nH]2)cc1)C(=O)OC(C)(C)C. The quantitative estimate of drug-likeness (QED) is 0.220. The number of anilines is 1. The van der Waals surface area contributed by atoms with Crippen molar-refractivity contribution in [1.29, 1.82) is 0 Å². The molecular formula is C33H39N7O7. The zero-order chi connectivity index (χ0) is 34.0. The molecule has 0 spiro atoms. The van der Waals surface area contributed by atoms with Crippen molar-refractivity contribution in [3.63, 3.8) is 0 Å². The predicted octanol–water partition coefficient (Wildman–Crippen LogP) is 1.90. The zero-order valence-corrected chi connectivity index (χ0v) is 27.1. The number of fused-ring (bicyclic) bond motifs is 1. The molecule has 1 aliphatic heterocycles. The van der Waals surface area contributed by atoms with Crippen LogP contribution in [0.1, 0.15) is 48.3 Å². The first kappa shape index (κ1) is 34.5. The Morgan fingerprint density at radius 2 is 1.87 bits per heavy atom. The normalized spacial score (nSPS) is 14.1. The van der Waals surface area contributed by atoms with Gasteiger partial charge in [0, 0.05) is 45.1 Å². The maximum atomic E-state index is 12.9. The summed E-state index contributed by atoms with van der Waals surface area (Å²) in [7, 11) is 3.26. The second-order valence-electron chi connectivity index (χ2n) is 11.7. The van der Waals surface area contributed by atoms with E-state index in [4.69, 9.17) is 14.2 Å². The number of aromatic amines is 1. The van der Waals surface area contributed by atoms with E-state index in [0.29, 0.717) is 42.4 Å². The molecule has 4 amide bonds. The van der Waals surface area contributed by atoms with Gasteiger partial charge in [-0.1, -0.05) is 30.2 Å². The number of hydrogen-bond acceptors (Lipinski definition) is 9. The molecular weight excluding hydrogens is 606 g/mol. The lowest BCUT2D eigenvalue weighted by molar-refractivity contribution is -0.120. The Labute approximate surface area is 273 Å². The molecule has 14 nitrogen and oxygen atoms in total. The van der Waals surface area contributed by atoms with E-state index in [1.54, 1.807) is 65.2 Å². The molecule has 0 saturated heterocycles. The number of carbonyl (C=O) groups is 4. The number of rotatable bonds is 10. The summed E-state index contributed by atoms with van der Waals surface area (Å²) in [6.45, 7) is 6.59. The molecule has 0 saturated carbocycles. The number of benzene rings is 2. The van der Waals surface area contributed by atoms with Gasteiger partial charge in [0.05, 0.1) is 18.9 Å². The van der Waals surface area contributed by atoms with Crippen LogP contribution in [0.15, 0.2) is 48.5 Å². The van der Waals surface area contributed by atoms with Crippen LogP contribution >= 0.6 is 0 Å². The number of hydrogen-bond donors (Lipinski definition) is 3. The minimum Gasteiger partial charge on any atom is -0.489 e. The summed E-state index contributed by atoms with van der Waals surface area (Å²) in [5, 5.41) is 12.1. The molecule has 4 rings (SSSR count). The minimum atomic E-state index is -0.907. The third kappa shape index (κ3) is 10.3. The van der Waals surface area contributed by atoms with E-state index >= 15 is 0 Å². The van der Waals surface area contributed by atoms with Crippen LogP contribution in [0.3, 0.4) is 0 Å². The summed E-state index contributed by atoms with van der Waals surface area (Å²) >= 11 is 0. The van der Waals surface area contributed by atoms with Crippen molar-refractivity contribution in [1.82, 2.24) is 30.7 Å². The van der Waals surface area contributed by atoms with Crippen LogP contribution in [0.4, 0.5) is 10.5 Å². The third-order valence-electron chi connectivity index (χ3n) is 6.75. The molecule has 248 valence electrons. The number of amides is 4. The monoisotopic (exact) mass is 645 g/mol. The third-order valence-corrected chi connectivity index (χ3v) is 6.75. The summed E-state index contributed by atoms with van der Waals surface area (Å²) in [6, 6.07) is 13.5.